The van der Waals surface area contributed by atoms with Gasteiger partial charge in [0, 0.05) is 18.9 Å². The predicted octanol–water partition coefficient (Wildman–Crippen LogP) is 2.13. The van der Waals surface area contributed by atoms with Gasteiger partial charge in [-0.1, -0.05) is 0 Å². The van der Waals surface area contributed by atoms with Crippen LogP contribution in [0.1, 0.15) is 15.9 Å². The van der Waals surface area contributed by atoms with Gasteiger partial charge in [0.25, 0.3) is 5.91 Å². The number of carbonyl (C=O) groups excluding carboxylic acids is 1. The van der Waals surface area contributed by atoms with E-state index in [0.717, 1.165) is 5.56 Å². The van der Waals surface area contributed by atoms with E-state index in [9.17, 15) is 23.7 Å². The number of rotatable bonds is 4. The molecule has 0 saturated carbocycles. The number of benzene rings is 1. The number of nitro benzene ring substituents is 1. The van der Waals surface area contributed by atoms with Crippen molar-refractivity contribution in [1.82, 2.24) is 10.3 Å². The quantitative estimate of drug-likeness (QED) is 0.664. The zero-order valence-corrected chi connectivity index (χ0v) is 10.0. The van der Waals surface area contributed by atoms with Crippen LogP contribution in [0.5, 0.6) is 0 Å². The summed E-state index contributed by atoms with van der Waals surface area (Å²) < 4.78 is 26.9. The molecule has 0 saturated heterocycles. The number of nitrogens with zero attached hydrogens (tertiary/aromatic N) is 1. The Kier molecular flexibility index (Phi) is 3.74. The molecule has 6 nitrogen and oxygen atoms in total. The molecule has 1 aromatic heterocycles. The molecule has 2 N–H and O–H groups in total. The first-order valence-electron chi connectivity index (χ1n) is 5.52. The molecule has 0 aliphatic heterocycles. The monoisotopic (exact) mass is 281 g/mol. The van der Waals surface area contributed by atoms with Crippen LogP contribution in [0.2, 0.25) is 0 Å². The zero-order valence-electron chi connectivity index (χ0n) is 10.0. The summed E-state index contributed by atoms with van der Waals surface area (Å²) in [6, 6.07) is 2.73. The molecule has 0 fully saturated rings. The van der Waals surface area contributed by atoms with Crippen molar-refractivity contribution in [3.63, 3.8) is 0 Å². The molecule has 2 rings (SSSR count). The SMILES string of the molecule is O=C(NCc1cc[nH]c1)c1cc(F)cc([N+](=O)[O-])c1F. The van der Waals surface area contributed by atoms with Crippen LogP contribution in [0.15, 0.2) is 30.6 Å². The van der Waals surface area contributed by atoms with Crippen LogP contribution in [0.25, 0.3) is 0 Å². The van der Waals surface area contributed by atoms with Crippen LogP contribution < -0.4 is 5.32 Å². The van der Waals surface area contributed by atoms with Crippen LogP contribution >= 0.6 is 0 Å². The Hall–Kier alpha value is -2.77. The second kappa shape index (κ2) is 5.47. The molecule has 104 valence electrons. The number of amides is 1. The Balaban J connectivity index is 2.23. The molecule has 20 heavy (non-hydrogen) atoms. The summed E-state index contributed by atoms with van der Waals surface area (Å²) in [6.45, 7) is 0.0894. The molecule has 0 atom stereocenters. The van der Waals surface area contributed by atoms with Crippen molar-refractivity contribution in [3.05, 3.63) is 63.5 Å². The number of nitrogens with one attached hydrogen (secondary N) is 2. The third-order valence-corrected chi connectivity index (χ3v) is 2.57. The van der Waals surface area contributed by atoms with Gasteiger partial charge in [0.1, 0.15) is 5.82 Å². The minimum Gasteiger partial charge on any atom is -0.367 e. The molecule has 0 aliphatic rings. The van der Waals surface area contributed by atoms with E-state index in [1.165, 1.54) is 0 Å². The molecule has 0 bridgehead atoms. The van der Waals surface area contributed by atoms with Crippen molar-refractivity contribution in [2.24, 2.45) is 0 Å². The smallest absolute Gasteiger partial charge is 0.308 e. The van der Waals surface area contributed by atoms with Gasteiger partial charge in [-0.05, 0) is 17.7 Å². The van der Waals surface area contributed by atoms with Crippen molar-refractivity contribution in [3.8, 4) is 0 Å². The average molecular weight is 281 g/mol. The maximum atomic E-state index is 13.7. The fourth-order valence-corrected chi connectivity index (χ4v) is 1.62. The Bertz CT molecular complexity index is 656. The number of aromatic nitrogens is 1. The molecule has 1 heterocycles. The highest BCUT2D eigenvalue weighted by atomic mass is 19.1. The Morgan fingerprint density at radius 3 is 2.75 bits per heavy atom. The fraction of sp³-hybridized carbons (Fsp3) is 0.0833. The largest absolute Gasteiger partial charge is 0.367 e. The molecule has 1 aromatic carbocycles. The van der Waals surface area contributed by atoms with E-state index in [0.29, 0.717) is 12.1 Å². The highest BCUT2D eigenvalue weighted by Gasteiger charge is 2.24. The van der Waals surface area contributed by atoms with Crippen LogP contribution in [0.3, 0.4) is 0 Å². The number of hydrogen-bond donors (Lipinski definition) is 2. The highest BCUT2D eigenvalue weighted by molar-refractivity contribution is 5.95. The molecule has 0 unspecified atom stereocenters. The molecule has 0 aliphatic carbocycles. The Morgan fingerprint density at radius 2 is 2.15 bits per heavy atom. The Morgan fingerprint density at radius 1 is 1.40 bits per heavy atom. The van der Waals surface area contributed by atoms with Gasteiger partial charge >= 0.3 is 5.69 Å². The lowest BCUT2D eigenvalue weighted by molar-refractivity contribution is -0.387. The van der Waals surface area contributed by atoms with E-state index in [1.54, 1.807) is 18.5 Å². The van der Waals surface area contributed by atoms with Crippen LogP contribution in [0.4, 0.5) is 14.5 Å². The van der Waals surface area contributed by atoms with Crippen molar-refractivity contribution in [2.75, 3.05) is 0 Å². The number of halogens is 2. The van der Waals surface area contributed by atoms with E-state index in [1.807, 2.05) is 0 Å². The van der Waals surface area contributed by atoms with Crippen LogP contribution in [-0.4, -0.2) is 15.8 Å². The number of carbonyl (C=O) groups is 1. The van der Waals surface area contributed by atoms with Crippen molar-refractivity contribution in [1.29, 1.82) is 0 Å². The predicted molar refractivity (Wildman–Crippen MR) is 65.0 cm³/mol. The summed E-state index contributed by atoms with van der Waals surface area (Å²) in [7, 11) is 0. The summed E-state index contributed by atoms with van der Waals surface area (Å²) in [5.41, 5.74) is -1.05. The third kappa shape index (κ3) is 2.79. The molecule has 2 aromatic rings. The van der Waals surface area contributed by atoms with Gasteiger partial charge in [-0.15, -0.1) is 0 Å². The summed E-state index contributed by atoms with van der Waals surface area (Å²) >= 11 is 0. The lowest BCUT2D eigenvalue weighted by Crippen LogP contribution is -2.24. The zero-order chi connectivity index (χ0) is 14.7. The Labute approximate surface area is 111 Å². The van der Waals surface area contributed by atoms with Crippen molar-refractivity contribution in [2.45, 2.75) is 6.54 Å². The highest BCUT2D eigenvalue weighted by Crippen LogP contribution is 2.22. The van der Waals surface area contributed by atoms with Gasteiger partial charge in [0.2, 0.25) is 5.82 Å². The summed E-state index contributed by atoms with van der Waals surface area (Å²) in [5, 5.41) is 12.9. The van der Waals surface area contributed by atoms with E-state index < -0.39 is 33.7 Å². The van der Waals surface area contributed by atoms with Crippen LogP contribution in [0, 0.1) is 21.7 Å². The lowest BCUT2D eigenvalue weighted by Gasteiger charge is -2.05. The summed E-state index contributed by atoms with van der Waals surface area (Å²) in [4.78, 5) is 24.0. The van der Waals surface area contributed by atoms with E-state index in [2.05, 4.69) is 10.3 Å². The summed E-state index contributed by atoms with van der Waals surface area (Å²) in [6.07, 6.45) is 3.25. The van der Waals surface area contributed by atoms with Gasteiger partial charge in [-0.25, -0.2) is 4.39 Å². The van der Waals surface area contributed by atoms with Crippen LogP contribution in [-0.2, 0) is 6.54 Å². The minimum absolute atomic E-state index is 0.0894. The first-order chi connectivity index (χ1) is 9.49. The number of aromatic amines is 1. The molecule has 0 radical (unpaired) electrons. The third-order valence-electron chi connectivity index (χ3n) is 2.57. The van der Waals surface area contributed by atoms with Gasteiger partial charge < -0.3 is 10.3 Å². The normalized spacial score (nSPS) is 10.3. The molecule has 1 amide bonds. The van der Waals surface area contributed by atoms with Crippen molar-refractivity contribution < 1.29 is 18.5 Å². The van der Waals surface area contributed by atoms with Gasteiger partial charge in [0.15, 0.2) is 0 Å². The van der Waals surface area contributed by atoms with E-state index >= 15 is 0 Å². The second-order valence-corrected chi connectivity index (χ2v) is 3.95. The topological polar surface area (TPSA) is 88.0 Å². The maximum Gasteiger partial charge on any atom is 0.308 e. The fourth-order valence-electron chi connectivity index (χ4n) is 1.62. The first-order valence-corrected chi connectivity index (χ1v) is 5.52. The number of nitro groups is 1. The van der Waals surface area contributed by atoms with Gasteiger partial charge in [0.05, 0.1) is 16.6 Å². The average Bonchev–Trinajstić information content (AvgIpc) is 2.91. The lowest BCUT2D eigenvalue weighted by atomic mass is 10.1. The minimum atomic E-state index is -1.36. The van der Waals surface area contributed by atoms with E-state index in [-0.39, 0.29) is 6.54 Å². The molecular weight excluding hydrogens is 272 g/mol. The summed E-state index contributed by atoms with van der Waals surface area (Å²) in [5.74, 6) is -3.33. The second-order valence-electron chi connectivity index (χ2n) is 3.95. The number of H-pyrrole nitrogens is 1. The van der Waals surface area contributed by atoms with E-state index in [4.69, 9.17) is 0 Å². The standard InChI is InChI=1S/C12H9F2N3O3/c13-8-3-9(11(14)10(4-8)17(19)20)12(18)16-6-7-1-2-15-5-7/h1-5,15H,6H2,(H,16,18). The molecular formula is C12H9F2N3O3. The van der Waals surface area contributed by atoms with Gasteiger partial charge in [-0.3, -0.25) is 14.9 Å². The van der Waals surface area contributed by atoms with Gasteiger partial charge in [-0.2, -0.15) is 4.39 Å². The maximum absolute atomic E-state index is 13.7. The first kappa shape index (κ1) is 13.7. The number of hydrogen-bond acceptors (Lipinski definition) is 3. The molecule has 8 heteroatoms. The molecule has 0 spiro atoms. The van der Waals surface area contributed by atoms with Crippen molar-refractivity contribution >= 4 is 11.6 Å².